The first-order valence-corrected chi connectivity index (χ1v) is 7.30. The summed E-state index contributed by atoms with van der Waals surface area (Å²) < 4.78 is 5.36. The second-order valence-electron chi connectivity index (χ2n) is 4.35. The highest BCUT2D eigenvalue weighted by atomic mass is 32.2. The highest BCUT2D eigenvalue weighted by Gasteiger charge is 2.17. The zero-order valence-electron chi connectivity index (χ0n) is 10.4. The molecule has 1 saturated heterocycles. The lowest BCUT2D eigenvalue weighted by atomic mass is 10.1. The largest absolute Gasteiger partial charge is 0.379 e. The Morgan fingerprint density at radius 1 is 1.29 bits per heavy atom. The van der Waals surface area contributed by atoms with Gasteiger partial charge in [0.1, 0.15) is 0 Å². The molecule has 1 heterocycles. The Bertz CT molecular complexity index is 333. The second-order valence-corrected chi connectivity index (χ2v) is 5.23. The predicted molar refractivity (Wildman–Crippen MR) is 73.5 cm³/mol. The minimum absolute atomic E-state index is 0.360. The van der Waals surface area contributed by atoms with Crippen LogP contribution in [0.25, 0.3) is 0 Å². The van der Waals surface area contributed by atoms with Crippen molar-refractivity contribution >= 4 is 11.8 Å². The lowest BCUT2D eigenvalue weighted by molar-refractivity contribution is 0.0252. The number of hydrogen-bond acceptors (Lipinski definition) is 3. The van der Waals surface area contributed by atoms with Gasteiger partial charge in [0.25, 0.3) is 0 Å². The molecule has 0 spiro atoms. The molecule has 2 rings (SSSR count). The van der Waals surface area contributed by atoms with Crippen LogP contribution >= 0.6 is 11.8 Å². The molecule has 0 aliphatic carbocycles. The fourth-order valence-electron chi connectivity index (χ4n) is 2.11. The molecule has 0 aromatic heterocycles. The van der Waals surface area contributed by atoms with E-state index in [1.165, 1.54) is 10.5 Å². The lowest BCUT2D eigenvalue weighted by Crippen LogP contribution is -2.43. The number of ether oxygens (including phenoxy) is 1. The summed E-state index contributed by atoms with van der Waals surface area (Å²) in [7, 11) is 0. The molecule has 0 saturated carbocycles. The molecule has 0 amide bonds. The van der Waals surface area contributed by atoms with Crippen molar-refractivity contribution in [2.75, 3.05) is 32.6 Å². The summed E-state index contributed by atoms with van der Waals surface area (Å²) in [6.07, 6.45) is 3.13. The Balaban J connectivity index is 1.89. The third-order valence-corrected chi connectivity index (χ3v) is 3.94. The van der Waals surface area contributed by atoms with Crippen molar-refractivity contribution in [3.63, 3.8) is 0 Å². The van der Waals surface area contributed by atoms with Crippen molar-refractivity contribution in [3.05, 3.63) is 36.8 Å². The SMILES string of the molecule is [CH2]C(Cc1ccc(SC)cc1)N1CCOCC1. The first kappa shape index (κ1) is 12.9. The normalized spacial score (nSPS) is 19.2. The molecule has 3 heteroatoms. The first-order chi connectivity index (χ1) is 8.29. The lowest BCUT2D eigenvalue weighted by Gasteiger charge is -2.32. The third-order valence-electron chi connectivity index (χ3n) is 3.19. The van der Waals surface area contributed by atoms with Crippen molar-refractivity contribution < 1.29 is 4.74 Å². The molecule has 0 N–H and O–H groups in total. The number of nitrogens with zero attached hydrogens (tertiary/aromatic N) is 1. The highest BCUT2D eigenvalue weighted by molar-refractivity contribution is 7.98. The van der Waals surface area contributed by atoms with Crippen LogP contribution < -0.4 is 0 Å². The molecule has 93 valence electrons. The Labute approximate surface area is 108 Å². The summed E-state index contributed by atoms with van der Waals surface area (Å²) in [5, 5.41) is 0. The number of benzene rings is 1. The standard InChI is InChI=1S/C14H20NOS/c1-12(15-7-9-16-10-8-15)11-13-3-5-14(17-2)6-4-13/h3-6,12H,1,7-11H2,2H3. The maximum Gasteiger partial charge on any atom is 0.0594 e. The minimum Gasteiger partial charge on any atom is -0.379 e. The van der Waals surface area contributed by atoms with Gasteiger partial charge in [0.15, 0.2) is 0 Å². The van der Waals surface area contributed by atoms with E-state index in [0.29, 0.717) is 6.04 Å². The second kappa shape index (κ2) is 6.43. The maximum atomic E-state index is 5.36. The Hall–Kier alpha value is -0.510. The van der Waals surface area contributed by atoms with Gasteiger partial charge in [0, 0.05) is 24.0 Å². The molecule has 1 unspecified atom stereocenters. The van der Waals surface area contributed by atoms with Crippen LogP contribution in [0.1, 0.15) is 5.56 Å². The monoisotopic (exact) mass is 250 g/mol. The van der Waals surface area contributed by atoms with Crippen LogP contribution in [0.2, 0.25) is 0 Å². The van der Waals surface area contributed by atoms with Crippen LogP contribution in [0.15, 0.2) is 29.2 Å². The summed E-state index contributed by atoms with van der Waals surface area (Å²) >= 11 is 1.78. The quantitative estimate of drug-likeness (QED) is 0.762. The molecule has 1 fully saturated rings. The molecule has 1 atom stereocenters. The predicted octanol–water partition coefficient (Wildman–Crippen LogP) is 2.49. The van der Waals surface area contributed by atoms with E-state index in [1.807, 2.05) is 0 Å². The molecule has 1 aromatic carbocycles. The summed E-state index contributed by atoms with van der Waals surface area (Å²) in [6, 6.07) is 9.16. The van der Waals surface area contributed by atoms with Gasteiger partial charge in [-0.1, -0.05) is 12.1 Å². The van der Waals surface area contributed by atoms with Gasteiger partial charge >= 0.3 is 0 Å². The van der Waals surface area contributed by atoms with Crippen molar-refractivity contribution in [1.82, 2.24) is 4.90 Å². The summed E-state index contributed by atoms with van der Waals surface area (Å²) in [4.78, 5) is 3.73. The number of thioether (sulfide) groups is 1. The van der Waals surface area contributed by atoms with Gasteiger partial charge in [0.05, 0.1) is 13.2 Å². The Kier molecular flexibility index (Phi) is 4.89. The topological polar surface area (TPSA) is 12.5 Å². The van der Waals surface area contributed by atoms with Gasteiger partial charge in [-0.25, -0.2) is 0 Å². The van der Waals surface area contributed by atoms with Gasteiger partial charge in [0.2, 0.25) is 0 Å². The molecule has 1 radical (unpaired) electrons. The van der Waals surface area contributed by atoms with Crippen molar-refractivity contribution in [2.24, 2.45) is 0 Å². The fraction of sp³-hybridized carbons (Fsp3) is 0.500. The van der Waals surface area contributed by atoms with E-state index in [-0.39, 0.29) is 0 Å². The average molecular weight is 250 g/mol. The fourth-order valence-corrected chi connectivity index (χ4v) is 2.51. The van der Waals surface area contributed by atoms with Gasteiger partial charge in [-0.2, -0.15) is 0 Å². The maximum absolute atomic E-state index is 5.36. The van der Waals surface area contributed by atoms with Gasteiger partial charge in [-0.15, -0.1) is 11.8 Å². The van der Waals surface area contributed by atoms with E-state index in [2.05, 4.69) is 42.3 Å². The minimum atomic E-state index is 0.360. The van der Waals surface area contributed by atoms with Crippen LogP contribution in [0.4, 0.5) is 0 Å². The number of hydrogen-bond donors (Lipinski definition) is 0. The van der Waals surface area contributed by atoms with Crippen molar-refractivity contribution in [1.29, 1.82) is 0 Å². The summed E-state index contributed by atoms with van der Waals surface area (Å²) in [5.41, 5.74) is 1.37. The molecule has 1 aliphatic rings. The van der Waals surface area contributed by atoms with Crippen molar-refractivity contribution in [2.45, 2.75) is 17.4 Å². The zero-order valence-corrected chi connectivity index (χ0v) is 11.2. The van der Waals surface area contributed by atoms with Crippen LogP contribution in [-0.4, -0.2) is 43.5 Å². The van der Waals surface area contributed by atoms with Gasteiger partial charge < -0.3 is 4.74 Å². The van der Waals surface area contributed by atoms with Gasteiger partial charge in [-0.05, 0) is 37.3 Å². The molecule has 1 aromatic rings. The van der Waals surface area contributed by atoms with E-state index in [9.17, 15) is 0 Å². The van der Waals surface area contributed by atoms with E-state index in [4.69, 9.17) is 4.74 Å². The smallest absolute Gasteiger partial charge is 0.0594 e. The van der Waals surface area contributed by atoms with Crippen LogP contribution in [0, 0.1) is 6.92 Å². The van der Waals surface area contributed by atoms with Gasteiger partial charge in [-0.3, -0.25) is 4.90 Å². The van der Waals surface area contributed by atoms with Crippen LogP contribution in [-0.2, 0) is 11.2 Å². The van der Waals surface area contributed by atoms with Crippen LogP contribution in [0.3, 0.4) is 0 Å². The van der Waals surface area contributed by atoms with E-state index < -0.39 is 0 Å². The Morgan fingerprint density at radius 3 is 2.53 bits per heavy atom. The summed E-state index contributed by atoms with van der Waals surface area (Å²) in [5.74, 6) is 0. The van der Waals surface area contributed by atoms with E-state index in [1.54, 1.807) is 11.8 Å². The number of rotatable bonds is 4. The third kappa shape index (κ3) is 3.73. The molecule has 1 aliphatic heterocycles. The van der Waals surface area contributed by atoms with E-state index >= 15 is 0 Å². The van der Waals surface area contributed by atoms with Crippen molar-refractivity contribution in [3.8, 4) is 0 Å². The highest BCUT2D eigenvalue weighted by Crippen LogP contribution is 2.17. The first-order valence-electron chi connectivity index (χ1n) is 6.07. The molecular weight excluding hydrogens is 230 g/mol. The average Bonchev–Trinajstić information content (AvgIpc) is 2.40. The molecule has 0 bridgehead atoms. The number of morpholine rings is 1. The summed E-state index contributed by atoms with van der Waals surface area (Å²) in [6.45, 7) is 7.98. The molecular formula is C14H20NOS. The zero-order chi connectivity index (χ0) is 12.1. The van der Waals surface area contributed by atoms with E-state index in [0.717, 1.165) is 32.7 Å². The molecule has 17 heavy (non-hydrogen) atoms. The molecule has 2 nitrogen and oxygen atoms in total. The Morgan fingerprint density at radius 2 is 1.94 bits per heavy atom. The van der Waals surface area contributed by atoms with Crippen LogP contribution in [0.5, 0.6) is 0 Å².